The third-order valence-electron chi connectivity index (χ3n) is 5.64. The minimum atomic E-state index is -0.0352. The van der Waals surface area contributed by atoms with Gasteiger partial charge in [-0.25, -0.2) is 4.98 Å². The Bertz CT molecular complexity index is 768. The summed E-state index contributed by atoms with van der Waals surface area (Å²) >= 11 is 0. The van der Waals surface area contributed by atoms with Gasteiger partial charge in [0, 0.05) is 31.9 Å². The number of aryl methyl sites for hydroxylation is 1. The van der Waals surface area contributed by atoms with E-state index in [0.717, 1.165) is 44.6 Å². The van der Waals surface area contributed by atoms with E-state index in [2.05, 4.69) is 51.8 Å². The molecule has 1 aliphatic carbocycles. The molecule has 1 aromatic heterocycles. The predicted molar refractivity (Wildman–Crippen MR) is 104 cm³/mol. The molecule has 1 aromatic carbocycles. The number of fused-ring (bicyclic) bond motifs is 1. The summed E-state index contributed by atoms with van der Waals surface area (Å²) in [5.74, 6) is 0.889. The number of rotatable bonds is 4. The predicted octanol–water partition coefficient (Wildman–Crippen LogP) is 2.17. The summed E-state index contributed by atoms with van der Waals surface area (Å²) in [6.45, 7) is 1.82. The fourth-order valence-electron chi connectivity index (χ4n) is 3.97. The van der Waals surface area contributed by atoms with Gasteiger partial charge in [0.2, 0.25) is 0 Å². The van der Waals surface area contributed by atoms with Crippen LogP contribution < -0.4 is 15.5 Å². The van der Waals surface area contributed by atoms with Crippen molar-refractivity contribution in [1.82, 2.24) is 15.6 Å². The van der Waals surface area contributed by atoms with Gasteiger partial charge in [-0.15, -0.1) is 0 Å². The Balaban J connectivity index is 1.41. The third-order valence-corrected chi connectivity index (χ3v) is 5.64. The fourth-order valence-corrected chi connectivity index (χ4v) is 3.97. The van der Waals surface area contributed by atoms with Crippen LogP contribution in [0.25, 0.3) is 0 Å². The summed E-state index contributed by atoms with van der Waals surface area (Å²) < 4.78 is 0. The number of carbonyl (C=O) groups is 1. The number of nitrogens with one attached hydrogen (secondary N) is 2. The first kappa shape index (κ1) is 17.0. The van der Waals surface area contributed by atoms with Crippen LogP contribution in [0.5, 0.6) is 0 Å². The van der Waals surface area contributed by atoms with Crippen molar-refractivity contribution in [3.8, 4) is 0 Å². The molecule has 0 bridgehead atoms. The molecule has 0 spiro atoms. The lowest BCUT2D eigenvalue weighted by Crippen LogP contribution is -2.37. The molecule has 5 nitrogen and oxygen atoms in total. The van der Waals surface area contributed by atoms with E-state index in [9.17, 15) is 4.79 Å². The van der Waals surface area contributed by atoms with Crippen LogP contribution in [-0.2, 0) is 12.8 Å². The molecule has 1 fully saturated rings. The minimum absolute atomic E-state index is 0.0352. The van der Waals surface area contributed by atoms with E-state index in [1.807, 2.05) is 12.1 Å². The van der Waals surface area contributed by atoms with Gasteiger partial charge in [-0.3, -0.25) is 4.79 Å². The second kappa shape index (κ2) is 7.46. The first-order chi connectivity index (χ1) is 12.7. The van der Waals surface area contributed by atoms with Crippen molar-refractivity contribution in [2.75, 3.05) is 25.0 Å². The molecule has 2 atom stereocenters. The zero-order valence-electron chi connectivity index (χ0n) is 15.2. The Hall–Kier alpha value is -2.40. The van der Waals surface area contributed by atoms with Crippen LogP contribution in [0, 0.1) is 0 Å². The van der Waals surface area contributed by atoms with Crippen LogP contribution in [0.15, 0.2) is 42.6 Å². The summed E-state index contributed by atoms with van der Waals surface area (Å²) in [7, 11) is 2.10. The average Bonchev–Trinajstić information content (AvgIpc) is 3.20. The van der Waals surface area contributed by atoms with Crippen molar-refractivity contribution < 1.29 is 4.79 Å². The summed E-state index contributed by atoms with van der Waals surface area (Å²) in [5, 5.41) is 6.32. The Morgan fingerprint density at radius 2 is 2.04 bits per heavy atom. The van der Waals surface area contributed by atoms with Crippen LogP contribution in [-0.4, -0.2) is 43.1 Å². The second-order valence-corrected chi connectivity index (χ2v) is 7.34. The molecule has 1 saturated heterocycles. The van der Waals surface area contributed by atoms with E-state index in [1.165, 1.54) is 11.1 Å². The Morgan fingerprint density at radius 1 is 1.19 bits per heavy atom. The number of pyridine rings is 1. The van der Waals surface area contributed by atoms with Gasteiger partial charge < -0.3 is 15.5 Å². The van der Waals surface area contributed by atoms with Crippen molar-refractivity contribution in [2.24, 2.45) is 0 Å². The van der Waals surface area contributed by atoms with Crippen LogP contribution >= 0.6 is 0 Å². The number of hydrogen-bond donors (Lipinski definition) is 2. The van der Waals surface area contributed by atoms with Crippen molar-refractivity contribution in [1.29, 1.82) is 0 Å². The maximum atomic E-state index is 12.3. The summed E-state index contributed by atoms with van der Waals surface area (Å²) in [5.41, 5.74) is 3.54. The highest BCUT2D eigenvalue weighted by atomic mass is 16.1. The molecule has 5 heteroatoms. The van der Waals surface area contributed by atoms with Gasteiger partial charge in [0.15, 0.2) is 0 Å². The van der Waals surface area contributed by atoms with E-state index in [1.54, 1.807) is 6.20 Å². The number of benzene rings is 1. The standard InChI is InChI=1S/C21H26N4O/c1-25(19-8-6-15-4-2-3-5-16(15)12-19)20-9-7-17(13-23-20)21(26)24-18-10-11-22-14-18/h2-5,7,9,13,18-19,22H,6,8,10-12,14H2,1H3,(H,24,26). The molecule has 2 unspecified atom stereocenters. The smallest absolute Gasteiger partial charge is 0.253 e. The monoisotopic (exact) mass is 350 g/mol. The van der Waals surface area contributed by atoms with Crippen LogP contribution in [0.3, 0.4) is 0 Å². The van der Waals surface area contributed by atoms with Crippen LogP contribution in [0.4, 0.5) is 5.82 Å². The molecule has 26 heavy (non-hydrogen) atoms. The normalized spacial score (nSPS) is 21.9. The van der Waals surface area contributed by atoms with Crippen LogP contribution in [0.1, 0.15) is 34.3 Å². The quantitative estimate of drug-likeness (QED) is 0.887. The molecule has 1 aliphatic heterocycles. The number of anilines is 1. The maximum Gasteiger partial charge on any atom is 0.253 e. The summed E-state index contributed by atoms with van der Waals surface area (Å²) in [4.78, 5) is 19.1. The number of aromatic nitrogens is 1. The van der Waals surface area contributed by atoms with Crippen molar-refractivity contribution in [3.63, 3.8) is 0 Å². The van der Waals surface area contributed by atoms with Crippen molar-refractivity contribution in [3.05, 3.63) is 59.3 Å². The zero-order valence-corrected chi connectivity index (χ0v) is 15.2. The SMILES string of the molecule is CN(c1ccc(C(=O)NC2CCNC2)cn1)C1CCc2ccccc2C1. The number of amides is 1. The van der Waals surface area contributed by atoms with Crippen molar-refractivity contribution in [2.45, 2.75) is 37.8 Å². The number of hydrogen-bond acceptors (Lipinski definition) is 4. The summed E-state index contributed by atoms with van der Waals surface area (Å²) in [6, 6.07) is 13.2. The highest BCUT2D eigenvalue weighted by Crippen LogP contribution is 2.26. The molecular weight excluding hydrogens is 324 g/mol. The molecule has 0 radical (unpaired) electrons. The second-order valence-electron chi connectivity index (χ2n) is 7.34. The topological polar surface area (TPSA) is 57.3 Å². The van der Waals surface area contributed by atoms with Crippen LogP contribution in [0.2, 0.25) is 0 Å². The molecule has 1 amide bonds. The summed E-state index contributed by atoms with van der Waals surface area (Å²) in [6.07, 6.45) is 5.97. The van der Waals surface area contributed by atoms with Gasteiger partial charge in [-0.05, 0) is 55.5 Å². The molecule has 0 saturated carbocycles. The lowest BCUT2D eigenvalue weighted by atomic mass is 9.88. The molecular formula is C21H26N4O. The number of nitrogens with zero attached hydrogens (tertiary/aromatic N) is 2. The van der Waals surface area contributed by atoms with E-state index < -0.39 is 0 Å². The molecule has 2 N–H and O–H groups in total. The average molecular weight is 350 g/mol. The molecule has 4 rings (SSSR count). The van der Waals surface area contributed by atoms with E-state index >= 15 is 0 Å². The van der Waals surface area contributed by atoms with Gasteiger partial charge in [-0.1, -0.05) is 24.3 Å². The van der Waals surface area contributed by atoms with E-state index in [0.29, 0.717) is 11.6 Å². The fraction of sp³-hybridized carbons (Fsp3) is 0.429. The zero-order chi connectivity index (χ0) is 17.9. The minimum Gasteiger partial charge on any atom is -0.356 e. The van der Waals surface area contributed by atoms with Gasteiger partial charge in [0.05, 0.1) is 5.56 Å². The maximum absolute atomic E-state index is 12.3. The van der Waals surface area contributed by atoms with Gasteiger partial charge in [-0.2, -0.15) is 0 Å². The highest BCUT2D eigenvalue weighted by Gasteiger charge is 2.23. The van der Waals surface area contributed by atoms with E-state index in [-0.39, 0.29) is 11.9 Å². The Labute approximate surface area is 154 Å². The Morgan fingerprint density at radius 3 is 2.77 bits per heavy atom. The molecule has 2 aliphatic rings. The van der Waals surface area contributed by atoms with E-state index in [4.69, 9.17) is 0 Å². The number of likely N-dealkylation sites (N-methyl/N-ethyl adjacent to an activating group) is 1. The molecule has 2 aromatic rings. The van der Waals surface area contributed by atoms with Gasteiger partial charge >= 0.3 is 0 Å². The third kappa shape index (κ3) is 3.58. The van der Waals surface area contributed by atoms with Gasteiger partial charge in [0.25, 0.3) is 5.91 Å². The largest absolute Gasteiger partial charge is 0.356 e. The van der Waals surface area contributed by atoms with Crippen molar-refractivity contribution >= 4 is 11.7 Å². The lowest BCUT2D eigenvalue weighted by molar-refractivity contribution is 0.0939. The molecule has 136 valence electrons. The lowest BCUT2D eigenvalue weighted by Gasteiger charge is -2.33. The molecule has 2 heterocycles. The van der Waals surface area contributed by atoms with Gasteiger partial charge in [0.1, 0.15) is 5.82 Å². The number of carbonyl (C=O) groups excluding carboxylic acids is 1. The highest BCUT2D eigenvalue weighted by molar-refractivity contribution is 5.94. The first-order valence-corrected chi connectivity index (χ1v) is 9.48. The first-order valence-electron chi connectivity index (χ1n) is 9.48. The Kier molecular flexibility index (Phi) is 4.89.